The van der Waals surface area contributed by atoms with Gasteiger partial charge in [0.15, 0.2) is 9.84 Å². The zero-order valence-corrected chi connectivity index (χ0v) is 11.7. The summed E-state index contributed by atoms with van der Waals surface area (Å²) < 4.78 is 49.8. The molecule has 0 radical (unpaired) electrons. The van der Waals surface area contributed by atoms with Crippen molar-refractivity contribution in [1.82, 2.24) is 5.32 Å². The molecule has 7 heteroatoms. The maximum atomic E-state index is 13.5. The lowest BCUT2D eigenvalue weighted by atomic mass is 10.1. The van der Waals surface area contributed by atoms with E-state index < -0.39 is 22.3 Å². The highest BCUT2D eigenvalue weighted by Crippen LogP contribution is 2.32. The normalized spacial score (nSPS) is 12.8. The van der Waals surface area contributed by atoms with Crippen LogP contribution in [0.15, 0.2) is 27.6 Å². The van der Waals surface area contributed by atoms with Crippen LogP contribution in [0.25, 0.3) is 0 Å². The lowest BCUT2D eigenvalue weighted by Gasteiger charge is -2.17. The van der Waals surface area contributed by atoms with Crippen LogP contribution in [0.1, 0.15) is 5.56 Å². The van der Waals surface area contributed by atoms with E-state index in [-0.39, 0.29) is 14.9 Å². The predicted octanol–water partition coefficient (Wildman–Crippen LogP) is 2.16. The first kappa shape index (κ1) is 14.5. The molecule has 0 fully saturated rings. The molecule has 1 aromatic rings. The van der Waals surface area contributed by atoms with Gasteiger partial charge in [0.2, 0.25) is 0 Å². The Morgan fingerprint density at radius 2 is 2.00 bits per heavy atom. The molecule has 0 aliphatic carbocycles. The Balaban J connectivity index is 3.22. The molecule has 0 heterocycles. The fourth-order valence-corrected chi connectivity index (χ4v) is 3.34. The summed E-state index contributed by atoms with van der Waals surface area (Å²) >= 11 is 2.99. The number of rotatable bonds is 4. The quantitative estimate of drug-likeness (QED) is 0.921. The monoisotopic (exact) mass is 327 g/mol. The largest absolute Gasteiger partial charge is 0.314 e. The minimum absolute atomic E-state index is 0.00140. The van der Waals surface area contributed by atoms with Crippen molar-refractivity contribution in [3.8, 4) is 0 Å². The van der Waals surface area contributed by atoms with Crippen molar-refractivity contribution in [2.45, 2.75) is 10.8 Å². The molecular formula is C10H12BrF2NO2S. The predicted molar refractivity (Wildman–Crippen MR) is 65.1 cm³/mol. The zero-order chi connectivity index (χ0) is 13.3. The molecule has 96 valence electrons. The first-order valence-corrected chi connectivity index (χ1v) is 7.39. The van der Waals surface area contributed by atoms with Gasteiger partial charge in [-0.3, -0.25) is 0 Å². The summed E-state index contributed by atoms with van der Waals surface area (Å²) in [5, 5.41) is 2.39. The lowest BCUT2D eigenvalue weighted by molar-refractivity contribution is -0.00137. The van der Waals surface area contributed by atoms with E-state index in [4.69, 9.17) is 0 Å². The minimum Gasteiger partial charge on any atom is -0.314 e. The highest BCUT2D eigenvalue weighted by atomic mass is 79.9. The summed E-state index contributed by atoms with van der Waals surface area (Å²) in [5.41, 5.74) is -0.230. The fraction of sp³-hybridized carbons (Fsp3) is 0.400. The van der Waals surface area contributed by atoms with Gasteiger partial charge in [0.1, 0.15) is 0 Å². The third-order valence-electron chi connectivity index (χ3n) is 2.15. The van der Waals surface area contributed by atoms with Gasteiger partial charge in [0.25, 0.3) is 5.92 Å². The van der Waals surface area contributed by atoms with Crippen LogP contribution in [0.4, 0.5) is 8.78 Å². The Morgan fingerprint density at radius 3 is 2.41 bits per heavy atom. The zero-order valence-electron chi connectivity index (χ0n) is 9.30. The Bertz CT molecular complexity index is 517. The van der Waals surface area contributed by atoms with Crippen LogP contribution in [0, 0.1) is 0 Å². The van der Waals surface area contributed by atoms with Gasteiger partial charge in [-0.15, -0.1) is 0 Å². The Labute approximate surface area is 107 Å². The van der Waals surface area contributed by atoms with Crippen LogP contribution >= 0.6 is 15.9 Å². The third-order valence-corrected chi connectivity index (χ3v) is 4.23. The van der Waals surface area contributed by atoms with Crippen molar-refractivity contribution in [3.63, 3.8) is 0 Å². The first-order valence-electron chi connectivity index (χ1n) is 4.71. The third kappa shape index (κ3) is 3.46. The van der Waals surface area contributed by atoms with Crippen molar-refractivity contribution in [3.05, 3.63) is 28.2 Å². The number of alkyl halides is 2. The molecule has 0 aliphatic rings. The molecule has 0 atom stereocenters. The van der Waals surface area contributed by atoms with E-state index in [1.807, 2.05) is 0 Å². The molecule has 0 unspecified atom stereocenters. The van der Waals surface area contributed by atoms with Gasteiger partial charge in [0.05, 0.1) is 11.4 Å². The van der Waals surface area contributed by atoms with Crippen molar-refractivity contribution < 1.29 is 17.2 Å². The molecule has 0 spiro atoms. The van der Waals surface area contributed by atoms with E-state index in [1.165, 1.54) is 13.1 Å². The molecule has 1 N–H and O–H groups in total. The van der Waals surface area contributed by atoms with Gasteiger partial charge in [-0.25, -0.2) is 8.42 Å². The molecule has 0 saturated carbocycles. The first-order chi connectivity index (χ1) is 7.68. The number of sulfone groups is 1. The molecule has 0 amide bonds. The molecular weight excluding hydrogens is 316 g/mol. The number of benzene rings is 1. The summed E-state index contributed by atoms with van der Waals surface area (Å²) in [7, 11) is -1.99. The van der Waals surface area contributed by atoms with Crippen molar-refractivity contribution in [1.29, 1.82) is 0 Å². The summed E-state index contributed by atoms with van der Waals surface area (Å²) in [6.07, 6.45) is 1.03. The highest BCUT2D eigenvalue weighted by Gasteiger charge is 2.31. The van der Waals surface area contributed by atoms with Crippen molar-refractivity contribution in [2.75, 3.05) is 19.8 Å². The van der Waals surface area contributed by atoms with Crippen LogP contribution in [0.5, 0.6) is 0 Å². The topological polar surface area (TPSA) is 46.2 Å². The van der Waals surface area contributed by atoms with Gasteiger partial charge in [-0.2, -0.15) is 8.78 Å². The number of hydrogen-bond acceptors (Lipinski definition) is 3. The van der Waals surface area contributed by atoms with E-state index in [9.17, 15) is 17.2 Å². The van der Waals surface area contributed by atoms with E-state index in [0.717, 1.165) is 18.4 Å². The van der Waals surface area contributed by atoms with Gasteiger partial charge < -0.3 is 5.32 Å². The number of nitrogens with one attached hydrogen (secondary N) is 1. The molecule has 0 saturated heterocycles. The van der Waals surface area contributed by atoms with Gasteiger partial charge in [0, 0.05) is 16.3 Å². The van der Waals surface area contributed by atoms with Crippen LogP contribution < -0.4 is 5.32 Å². The second-order valence-electron chi connectivity index (χ2n) is 3.65. The lowest BCUT2D eigenvalue weighted by Crippen LogP contribution is -2.28. The summed E-state index contributed by atoms with van der Waals surface area (Å²) in [5.74, 6) is -3.03. The SMILES string of the molecule is CNCC(F)(F)c1ccc(S(C)(=O)=O)c(Br)c1. The minimum atomic E-state index is -3.42. The highest BCUT2D eigenvalue weighted by molar-refractivity contribution is 9.10. The smallest absolute Gasteiger partial charge is 0.285 e. The maximum absolute atomic E-state index is 13.5. The van der Waals surface area contributed by atoms with E-state index in [1.54, 1.807) is 0 Å². The van der Waals surface area contributed by atoms with Crippen LogP contribution in [-0.2, 0) is 15.8 Å². The van der Waals surface area contributed by atoms with E-state index in [0.29, 0.717) is 0 Å². The molecule has 0 bridgehead atoms. The number of likely N-dealkylation sites (N-methyl/N-ethyl adjacent to an activating group) is 1. The van der Waals surface area contributed by atoms with E-state index in [2.05, 4.69) is 21.2 Å². The Hall–Kier alpha value is -0.530. The standard InChI is InChI=1S/C10H12BrF2NO2S/c1-14-6-10(12,13)7-3-4-9(8(11)5-7)17(2,15)16/h3-5,14H,6H2,1-2H3. The van der Waals surface area contributed by atoms with E-state index >= 15 is 0 Å². The number of hydrogen-bond donors (Lipinski definition) is 1. The van der Waals surface area contributed by atoms with Crippen LogP contribution in [-0.4, -0.2) is 28.3 Å². The van der Waals surface area contributed by atoms with Crippen LogP contribution in [0.2, 0.25) is 0 Å². The average Bonchev–Trinajstić information content (AvgIpc) is 2.15. The van der Waals surface area contributed by atoms with Crippen LogP contribution in [0.3, 0.4) is 0 Å². The second kappa shape index (κ2) is 4.99. The molecule has 17 heavy (non-hydrogen) atoms. The Morgan fingerprint density at radius 1 is 1.41 bits per heavy atom. The summed E-state index contributed by atoms with van der Waals surface area (Å²) in [6, 6.07) is 3.44. The molecule has 1 aromatic carbocycles. The summed E-state index contributed by atoms with van der Waals surface area (Å²) in [6.45, 7) is -0.502. The second-order valence-corrected chi connectivity index (χ2v) is 6.49. The summed E-state index contributed by atoms with van der Waals surface area (Å²) in [4.78, 5) is 0.00140. The number of halogens is 3. The Kier molecular flexibility index (Phi) is 4.27. The molecule has 3 nitrogen and oxygen atoms in total. The van der Waals surface area contributed by atoms with Gasteiger partial charge >= 0.3 is 0 Å². The molecule has 0 aliphatic heterocycles. The maximum Gasteiger partial charge on any atom is 0.285 e. The van der Waals surface area contributed by atoms with Crippen molar-refractivity contribution in [2.24, 2.45) is 0 Å². The fourth-order valence-electron chi connectivity index (χ4n) is 1.35. The van der Waals surface area contributed by atoms with Gasteiger partial charge in [-0.05, 0) is 35.1 Å². The molecule has 1 rings (SSSR count). The average molecular weight is 328 g/mol. The van der Waals surface area contributed by atoms with Gasteiger partial charge in [-0.1, -0.05) is 6.07 Å². The van der Waals surface area contributed by atoms with Crippen molar-refractivity contribution >= 4 is 25.8 Å². The molecule has 0 aromatic heterocycles.